The Morgan fingerprint density at radius 2 is 0.946 bits per heavy atom. The Morgan fingerprint density at radius 3 is 1.75 bits per heavy atom. The van der Waals surface area contributed by atoms with Gasteiger partial charge in [-0.2, -0.15) is 0 Å². The molecule has 0 saturated carbocycles. The fraction of sp³-hybridized carbons (Fsp3) is 0. The van der Waals surface area contributed by atoms with Crippen LogP contribution in [-0.2, 0) is 0 Å². The van der Waals surface area contributed by atoms with E-state index in [1.807, 2.05) is 0 Å². The molecular weight excluding hydrogens is 679 g/mol. The Labute approximate surface area is 325 Å². The Bertz CT molecular complexity index is 3230. The SMILES string of the molecule is c1ccc(-c2ccc(N(c3ccc(-c4ccc5c(ccc6ccccc65)c4)cc3)c3cccc4oc5c(-c6ccccc6)cccc5c34)c3ccccc23)cc1. The summed E-state index contributed by atoms with van der Waals surface area (Å²) < 4.78 is 6.78. The van der Waals surface area contributed by atoms with E-state index in [9.17, 15) is 0 Å². The molecule has 0 saturated heterocycles. The largest absolute Gasteiger partial charge is 0.455 e. The zero-order chi connectivity index (χ0) is 37.0. The highest BCUT2D eigenvalue weighted by Gasteiger charge is 2.23. The van der Waals surface area contributed by atoms with Crippen molar-refractivity contribution in [1.82, 2.24) is 0 Å². The molecule has 0 bridgehead atoms. The lowest BCUT2D eigenvalue weighted by Crippen LogP contribution is -2.11. The molecule has 11 rings (SSSR count). The number of furan rings is 1. The van der Waals surface area contributed by atoms with Crippen molar-refractivity contribution in [2.45, 2.75) is 0 Å². The molecule has 1 aromatic heterocycles. The first-order chi connectivity index (χ1) is 27.8. The highest BCUT2D eigenvalue weighted by Crippen LogP contribution is 2.47. The first kappa shape index (κ1) is 32.0. The molecule has 0 aliphatic carbocycles. The van der Waals surface area contributed by atoms with Gasteiger partial charge in [0, 0.05) is 22.0 Å². The summed E-state index contributed by atoms with van der Waals surface area (Å²) in [5, 5.41) is 9.62. The average molecular weight is 714 g/mol. The third-order valence-corrected chi connectivity index (χ3v) is 11.3. The van der Waals surface area contributed by atoms with Crippen molar-refractivity contribution in [1.29, 1.82) is 0 Å². The lowest BCUT2D eigenvalue weighted by molar-refractivity contribution is 0.670. The molecule has 11 aromatic rings. The molecular formula is C54H35NO. The fourth-order valence-electron chi connectivity index (χ4n) is 8.61. The maximum Gasteiger partial charge on any atom is 0.143 e. The molecule has 1 heterocycles. The Kier molecular flexibility index (Phi) is 7.53. The number of fused-ring (bicyclic) bond motifs is 7. The number of rotatable bonds is 6. The number of anilines is 3. The van der Waals surface area contributed by atoms with Gasteiger partial charge in [-0.25, -0.2) is 0 Å². The molecule has 2 nitrogen and oxygen atoms in total. The minimum atomic E-state index is 0.858. The van der Waals surface area contributed by atoms with Crippen molar-refractivity contribution in [3.05, 3.63) is 212 Å². The second-order valence-electron chi connectivity index (χ2n) is 14.4. The maximum atomic E-state index is 6.78. The van der Waals surface area contributed by atoms with Gasteiger partial charge in [0.25, 0.3) is 0 Å². The summed E-state index contributed by atoms with van der Waals surface area (Å²) in [6, 6.07) is 76.4. The summed E-state index contributed by atoms with van der Waals surface area (Å²) in [7, 11) is 0. The van der Waals surface area contributed by atoms with E-state index in [1.54, 1.807) is 0 Å². The highest BCUT2D eigenvalue weighted by molar-refractivity contribution is 6.17. The van der Waals surface area contributed by atoms with Gasteiger partial charge in [-0.05, 0) is 91.1 Å². The van der Waals surface area contributed by atoms with Gasteiger partial charge in [-0.15, -0.1) is 0 Å². The van der Waals surface area contributed by atoms with Crippen molar-refractivity contribution in [3.8, 4) is 33.4 Å². The quantitative estimate of drug-likeness (QED) is 0.160. The lowest BCUT2D eigenvalue weighted by Gasteiger charge is -2.28. The van der Waals surface area contributed by atoms with Crippen LogP contribution in [0.25, 0.3) is 87.6 Å². The van der Waals surface area contributed by atoms with Crippen LogP contribution in [0.5, 0.6) is 0 Å². The maximum absolute atomic E-state index is 6.78. The monoisotopic (exact) mass is 713 g/mol. The van der Waals surface area contributed by atoms with E-state index in [2.05, 4.69) is 217 Å². The van der Waals surface area contributed by atoms with Crippen molar-refractivity contribution in [2.75, 3.05) is 4.90 Å². The fourth-order valence-corrected chi connectivity index (χ4v) is 8.61. The number of benzene rings is 10. The summed E-state index contributed by atoms with van der Waals surface area (Å²) in [6.45, 7) is 0. The molecule has 0 fully saturated rings. The first-order valence-electron chi connectivity index (χ1n) is 19.2. The Hall–Kier alpha value is -7.42. The van der Waals surface area contributed by atoms with Crippen LogP contribution >= 0.6 is 0 Å². The second-order valence-corrected chi connectivity index (χ2v) is 14.4. The van der Waals surface area contributed by atoms with E-state index >= 15 is 0 Å². The van der Waals surface area contributed by atoms with Gasteiger partial charge in [0.15, 0.2) is 0 Å². The molecule has 0 aliphatic rings. The van der Waals surface area contributed by atoms with E-state index in [0.29, 0.717) is 0 Å². The van der Waals surface area contributed by atoms with Crippen LogP contribution in [0, 0.1) is 0 Å². The smallest absolute Gasteiger partial charge is 0.143 e. The van der Waals surface area contributed by atoms with Gasteiger partial charge < -0.3 is 9.32 Å². The van der Waals surface area contributed by atoms with Gasteiger partial charge in [0.1, 0.15) is 11.2 Å². The normalized spacial score (nSPS) is 11.6. The lowest BCUT2D eigenvalue weighted by atomic mass is 9.95. The molecule has 0 atom stereocenters. The van der Waals surface area contributed by atoms with Crippen LogP contribution < -0.4 is 4.90 Å². The van der Waals surface area contributed by atoms with Crippen LogP contribution in [0.2, 0.25) is 0 Å². The van der Waals surface area contributed by atoms with Crippen molar-refractivity contribution < 1.29 is 4.42 Å². The van der Waals surface area contributed by atoms with Crippen LogP contribution in [0.15, 0.2) is 217 Å². The molecule has 0 radical (unpaired) electrons. The van der Waals surface area contributed by atoms with E-state index in [1.165, 1.54) is 54.6 Å². The molecule has 262 valence electrons. The Balaban J connectivity index is 1.12. The molecule has 10 aromatic carbocycles. The third kappa shape index (κ3) is 5.26. The van der Waals surface area contributed by atoms with E-state index < -0.39 is 0 Å². The number of nitrogens with zero attached hydrogens (tertiary/aromatic N) is 1. The van der Waals surface area contributed by atoms with Crippen LogP contribution in [0.3, 0.4) is 0 Å². The van der Waals surface area contributed by atoms with Crippen LogP contribution in [0.4, 0.5) is 17.1 Å². The topological polar surface area (TPSA) is 16.4 Å². The summed E-state index contributed by atoms with van der Waals surface area (Å²) in [4.78, 5) is 2.42. The highest BCUT2D eigenvalue weighted by atomic mass is 16.3. The predicted octanol–water partition coefficient (Wildman–Crippen LogP) is 15.5. The minimum Gasteiger partial charge on any atom is -0.455 e. The molecule has 2 heteroatoms. The number of para-hydroxylation sites is 1. The zero-order valence-electron chi connectivity index (χ0n) is 30.6. The van der Waals surface area contributed by atoms with E-state index in [4.69, 9.17) is 4.42 Å². The minimum absolute atomic E-state index is 0.858. The average Bonchev–Trinajstić information content (AvgIpc) is 3.67. The van der Waals surface area contributed by atoms with Gasteiger partial charge in [0.2, 0.25) is 0 Å². The molecule has 56 heavy (non-hydrogen) atoms. The predicted molar refractivity (Wildman–Crippen MR) is 237 cm³/mol. The zero-order valence-corrected chi connectivity index (χ0v) is 30.6. The summed E-state index contributed by atoms with van der Waals surface area (Å²) in [5.74, 6) is 0. The first-order valence-corrected chi connectivity index (χ1v) is 19.2. The van der Waals surface area contributed by atoms with Crippen LogP contribution in [0.1, 0.15) is 0 Å². The summed E-state index contributed by atoms with van der Waals surface area (Å²) >= 11 is 0. The molecule has 0 amide bonds. The van der Waals surface area contributed by atoms with Gasteiger partial charge in [-0.1, -0.05) is 176 Å². The van der Waals surface area contributed by atoms with Gasteiger partial charge >= 0.3 is 0 Å². The molecule has 0 N–H and O–H groups in total. The summed E-state index contributed by atoms with van der Waals surface area (Å²) in [6.07, 6.45) is 0. The molecule has 0 unspecified atom stereocenters. The molecule has 0 spiro atoms. The van der Waals surface area contributed by atoms with Crippen molar-refractivity contribution >= 4 is 71.3 Å². The van der Waals surface area contributed by atoms with Crippen molar-refractivity contribution in [2.24, 2.45) is 0 Å². The van der Waals surface area contributed by atoms with Gasteiger partial charge in [-0.3, -0.25) is 0 Å². The number of hydrogen-bond donors (Lipinski definition) is 0. The van der Waals surface area contributed by atoms with Crippen LogP contribution in [-0.4, -0.2) is 0 Å². The third-order valence-electron chi connectivity index (χ3n) is 11.3. The number of hydrogen-bond acceptors (Lipinski definition) is 2. The van der Waals surface area contributed by atoms with Crippen molar-refractivity contribution in [3.63, 3.8) is 0 Å². The molecule has 0 aliphatic heterocycles. The van der Waals surface area contributed by atoms with E-state index in [0.717, 1.165) is 50.1 Å². The standard InChI is InChI=1S/C54H35NO/c1-3-13-37(14-4-1)44-33-34-50(48-20-10-9-19-47(44)48)55(51-23-12-24-52-53(51)49-22-11-21-46(54(49)56-52)38-15-5-2-6-16-38)42-30-27-36(28-31-42)40-29-32-45-41(35-40)26-25-39-17-7-8-18-43(39)45/h1-35H. The van der Waals surface area contributed by atoms with Gasteiger partial charge in [0.05, 0.1) is 16.8 Å². The summed E-state index contributed by atoms with van der Waals surface area (Å²) in [5.41, 5.74) is 12.0. The Morgan fingerprint density at radius 1 is 0.321 bits per heavy atom. The van der Waals surface area contributed by atoms with E-state index in [-0.39, 0.29) is 0 Å². The second kappa shape index (κ2) is 13.2.